The summed E-state index contributed by atoms with van der Waals surface area (Å²) in [4.78, 5) is 16.2. The molecule has 0 spiro atoms. The van der Waals surface area contributed by atoms with E-state index in [-0.39, 0.29) is 46.5 Å². The lowest BCUT2D eigenvalue weighted by Crippen LogP contribution is -2.36. The normalized spacial score (nSPS) is 11.7. The van der Waals surface area contributed by atoms with Gasteiger partial charge in [-0.15, -0.1) is 0 Å². The molecule has 0 fully saturated rings. The highest BCUT2D eigenvalue weighted by atomic mass is 35.5. The molecule has 0 atom stereocenters. The van der Waals surface area contributed by atoms with Gasteiger partial charge in [0.25, 0.3) is 0 Å². The first-order valence-electron chi connectivity index (χ1n) is 8.11. The molecule has 0 saturated heterocycles. The molecule has 1 N–H and O–H groups in total. The second-order valence-corrected chi connectivity index (χ2v) is 6.83. The SMILES string of the molecule is O=C(O)N(CCOc1cc(Cl)c(Cl)cc1Cl)c1nccn1CCOC(F)(F)C(F)F. The molecule has 0 aliphatic rings. The molecular weight excluding hydrogens is 481 g/mol. The molecular formula is C16H14Cl3F4N3O4. The molecule has 2 aromatic rings. The maximum Gasteiger partial charge on any atom is 0.416 e. The van der Waals surface area contributed by atoms with Gasteiger partial charge < -0.3 is 19.1 Å². The van der Waals surface area contributed by atoms with E-state index in [1.807, 2.05) is 0 Å². The van der Waals surface area contributed by atoms with Gasteiger partial charge in [-0.1, -0.05) is 34.8 Å². The number of hydrogen-bond donors (Lipinski definition) is 1. The molecule has 0 saturated carbocycles. The van der Waals surface area contributed by atoms with Crippen molar-refractivity contribution in [2.75, 3.05) is 24.7 Å². The van der Waals surface area contributed by atoms with Gasteiger partial charge in [0.05, 0.1) is 28.2 Å². The quantitative estimate of drug-likeness (QED) is 0.359. The van der Waals surface area contributed by atoms with E-state index in [0.717, 1.165) is 9.47 Å². The van der Waals surface area contributed by atoms with E-state index in [9.17, 15) is 27.5 Å². The topological polar surface area (TPSA) is 76.8 Å². The smallest absolute Gasteiger partial charge is 0.416 e. The van der Waals surface area contributed by atoms with Crippen molar-refractivity contribution in [1.82, 2.24) is 9.55 Å². The van der Waals surface area contributed by atoms with Crippen molar-refractivity contribution in [3.8, 4) is 5.75 Å². The molecule has 0 aliphatic carbocycles. The highest BCUT2D eigenvalue weighted by Gasteiger charge is 2.42. The van der Waals surface area contributed by atoms with E-state index < -0.39 is 25.2 Å². The van der Waals surface area contributed by atoms with Crippen LogP contribution in [-0.2, 0) is 11.3 Å². The number of benzene rings is 1. The molecule has 1 aromatic heterocycles. The lowest BCUT2D eigenvalue weighted by molar-refractivity contribution is -0.300. The first-order chi connectivity index (χ1) is 14.0. The minimum absolute atomic E-state index is 0.143. The van der Waals surface area contributed by atoms with Crippen LogP contribution in [0.25, 0.3) is 0 Å². The molecule has 1 amide bonds. The molecule has 1 aromatic carbocycles. The summed E-state index contributed by atoms with van der Waals surface area (Å²) in [5.41, 5.74) is 0. The third kappa shape index (κ3) is 6.27. The predicted molar refractivity (Wildman–Crippen MR) is 101 cm³/mol. The lowest BCUT2D eigenvalue weighted by Gasteiger charge is -2.21. The maximum absolute atomic E-state index is 12.8. The zero-order valence-corrected chi connectivity index (χ0v) is 17.1. The Morgan fingerprint density at radius 2 is 1.87 bits per heavy atom. The van der Waals surface area contributed by atoms with Gasteiger partial charge in [0.2, 0.25) is 5.95 Å². The molecule has 2 rings (SSSR count). The lowest BCUT2D eigenvalue weighted by atomic mass is 10.3. The van der Waals surface area contributed by atoms with E-state index in [0.29, 0.717) is 0 Å². The average Bonchev–Trinajstić information content (AvgIpc) is 3.10. The highest BCUT2D eigenvalue weighted by Crippen LogP contribution is 2.33. The summed E-state index contributed by atoms with van der Waals surface area (Å²) >= 11 is 17.7. The third-order valence-electron chi connectivity index (χ3n) is 3.59. The number of rotatable bonds is 10. The summed E-state index contributed by atoms with van der Waals surface area (Å²) in [5, 5.41) is 9.98. The maximum atomic E-state index is 12.8. The molecule has 0 unspecified atom stereocenters. The zero-order valence-electron chi connectivity index (χ0n) is 14.9. The average molecular weight is 495 g/mol. The van der Waals surface area contributed by atoms with E-state index >= 15 is 0 Å². The van der Waals surface area contributed by atoms with Gasteiger partial charge in [-0.2, -0.15) is 8.78 Å². The van der Waals surface area contributed by atoms with Gasteiger partial charge in [-0.05, 0) is 6.07 Å². The summed E-state index contributed by atoms with van der Waals surface area (Å²) < 4.78 is 60.4. The Hall–Kier alpha value is -1.95. The minimum Gasteiger partial charge on any atom is -0.490 e. The molecule has 7 nitrogen and oxygen atoms in total. The van der Waals surface area contributed by atoms with Crippen LogP contribution in [0.1, 0.15) is 0 Å². The van der Waals surface area contributed by atoms with Gasteiger partial charge in [-0.25, -0.2) is 23.5 Å². The van der Waals surface area contributed by atoms with Gasteiger partial charge >= 0.3 is 18.6 Å². The number of anilines is 1. The Morgan fingerprint density at radius 3 is 2.50 bits per heavy atom. The van der Waals surface area contributed by atoms with Crippen molar-refractivity contribution >= 4 is 46.8 Å². The molecule has 0 radical (unpaired) electrons. The van der Waals surface area contributed by atoms with Crippen LogP contribution in [0.3, 0.4) is 0 Å². The summed E-state index contributed by atoms with van der Waals surface area (Å²) in [6.45, 7) is -1.54. The molecule has 0 aliphatic heterocycles. The molecule has 30 heavy (non-hydrogen) atoms. The number of halogens is 7. The first-order valence-corrected chi connectivity index (χ1v) is 9.25. The Bertz CT molecular complexity index is 885. The standard InChI is InChI=1S/C16H14Cl3F4N3O4/c17-9-7-11(19)12(8-10(9)18)29-5-4-26(15(27)28)14-24-1-2-25(14)3-6-30-16(22,23)13(20)21/h1-2,7-8,13H,3-6H2,(H,27,28). The fraction of sp³-hybridized carbons (Fsp3) is 0.375. The number of hydrogen-bond acceptors (Lipinski definition) is 4. The second kappa shape index (κ2) is 10.4. The zero-order chi connectivity index (χ0) is 22.5. The van der Waals surface area contributed by atoms with Gasteiger partial charge in [0.15, 0.2) is 0 Å². The summed E-state index contributed by atoms with van der Waals surface area (Å²) in [6.07, 6.45) is -7.51. The fourth-order valence-electron chi connectivity index (χ4n) is 2.21. The van der Waals surface area contributed by atoms with Gasteiger partial charge in [0, 0.05) is 25.0 Å². The van der Waals surface area contributed by atoms with Crippen LogP contribution in [0.5, 0.6) is 5.75 Å². The van der Waals surface area contributed by atoms with Crippen LogP contribution in [0.2, 0.25) is 15.1 Å². The number of aromatic nitrogens is 2. The Kier molecular flexibility index (Phi) is 8.42. The predicted octanol–water partition coefficient (Wildman–Crippen LogP) is 5.28. The van der Waals surface area contributed by atoms with Crippen molar-refractivity contribution in [2.45, 2.75) is 19.1 Å². The van der Waals surface area contributed by atoms with Crippen molar-refractivity contribution in [3.05, 3.63) is 39.6 Å². The van der Waals surface area contributed by atoms with E-state index in [2.05, 4.69) is 9.72 Å². The van der Waals surface area contributed by atoms with E-state index in [1.54, 1.807) is 0 Å². The van der Waals surface area contributed by atoms with Gasteiger partial charge in [-0.3, -0.25) is 0 Å². The molecule has 14 heteroatoms. The minimum atomic E-state index is -4.61. The monoisotopic (exact) mass is 493 g/mol. The fourth-order valence-corrected chi connectivity index (χ4v) is 2.80. The van der Waals surface area contributed by atoms with Crippen LogP contribution in [0.15, 0.2) is 24.5 Å². The van der Waals surface area contributed by atoms with Crippen LogP contribution < -0.4 is 9.64 Å². The van der Waals surface area contributed by atoms with Crippen molar-refractivity contribution in [1.29, 1.82) is 0 Å². The molecule has 0 bridgehead atoms. The Morgan fingerprint density at radius 1 is 1.20 bits per heavy atom. The highest BCUT2D eigenvalue weighted by molar-refractivity contribution is 6.43. The van der Waals surface area contributed by atoms with Crippen LogP contribution in [0, 0.1) is 0 Å². The Labute approximate surface area is 182 Å². The number of nitrogens with zero attached hydrogens (tertiary/aromatic N) is 3. The van der Waals surface area contributed by atoms with Crippen LogP contribution in [-0.4, -0.2) is 53.0 Å². The van der Waals surface area contributed by atoms with Crippen molar-refractivity contribution in [3.63, 3.8) is 0 Å². The number of carbonyl (C=O) groups is 1. The first kappa shape index (κ1) is 24.3. The van der Waals surface area contributed by atoms with E-state index in [4.69, 9.17) is 39.5 Å². The van der Waals surface area contributed by atoms with E-state index in [1.165, 1.54) is 24.5 Å². The third-order valence-corrected chi connectivity index (χ3v) is 4.61. The number of amides is 1. The summed E-state index contributed by atoms with van der Waals surface area (Å²) in [7, 11) is 0. The number of carboxylic acid groups (broad SMARTS) is 1. The molecule has 1 heterocycles. The van der Waals surface area contributed by atoms with Crippen molar-refractivity contribution < 1.29 is 36.9 Å². The largest absolute Gasteiger partial charge is 0.490 e. The van der Waals surface area contributed by atoms with Gasteiger partial charge in [0.1, 0.15) is 12.4 Å². The van der Waals surface area contributed by atoms with Crippen molar-refractivity contribution in [2.24, 2.45) is 0 Å². The number of alkyl halides is 4. The van der Waals surface area contributed by atoms with Crippen LogP contribution in [0.4, 0.5) is 28.3 Å². The number of imidazole rings is 1. The Balaban J connectivity index is 2.01. The second-order valence-electron chi connectivity index (χ2n) is 5.61. The van der Waals surface area contributed by atoms with Crippen LogP contribution >= 0.6 is 34.8 Å². The molecule has 166 valence electrons. The summed E-state index contributed by atoms with van der Waals surface area (Å²) in [5.74, 6) is 0.0256. The number of ether oxygens (including phenoxy) is 2. The summed E-state index contributed by atoms with van der Waals surface area (Å²) in [6, 6.07) is 2.72.